The Morgan fingerprint density at radius 3 is 1.52 bits per heavy atom. The van der Waals surface area contributed by atoms with Gasteiger partial charge in [-0.25, -0.2) is 0 Å². The quantitative estimate of drug-likeness (QED) is 0.376. The van der Waals surface area contributed by atoms with Crippen LogP contribution < -0.4 is 5.32 Å². The van der Waals surface area contributed by atoms with E-state index in [1.54, 1.807) is 0 Å². The predicted octanol–water partition coefficient (Wildman–Crippen LogP) is 6.11. The fourth-order valence-electron chi connectivity index (χ4n) is 3.71. The molecule has 0 rings (SSSR count). The zero-order chi connectivity index (χ0) is 23.0. The second-order valence-electron chi connectivity index (χ2n) is 10.2. The van der Waals surface area contributed by atoms with Crippen molar-refractivity contribution in [3.8, 4) is 0 Å². The molecule has 0 aromatic rings. The average Bonchev–Trinajstić information content (AvgIpc) is 2.70. The molecule has 0 aliphatic heterocycles. The van der Waals surface area contributed by atoms with Crippen LogP contribution in [-0.2, 0) is 14.4 Å². The van der Waals surface area contributed by atoms with Gasteiger partial charge in [0.25, 0.3) is 0 Å². The van der Waals surface area contributed by atoms with Crippen LogP contribution in [0.15, 0.2) is 0 Å². The lowest BCUT2D eigenvalue weighted by Gasteiger charge is -2.34. The third-order valence-corrected chi connectivity index (χ3v) is 7.60. The van der Waals surface area contributed by atoms with E-state index in [1.165, 1.54) is 0 Å². The second kappa shape index (κ2) is 11.3. The van der Waals surface area contributed by atoms with Gasteiger partial charge in [-0.1, -0.05) is 75.7 Å². The van der Waals surface area contributed by atoms with Gasteiger partial charge in [-0.05, 0) is 37.5 Å². The zero-order valence-corrected chi connectivity index (χ0v) is 20.8. The van der Waals surface area contributed by atoms with Crippen LogP contribution in [0.1, 0.15) is 114 Å². The molecule has 0 aliphatic rings. The molecule has 29 heavy (non-hydrogen) atoms. The van der Waals surface area contributed by atoms with E-state index in [2.05, 4.69) is 26.1 Å². The van der Waals surface area contributed by atoms with E-state index >= 15 is 0 Å². The third-order valence-electron chi connectivity index (χ3n) is 7.60. The number of carbonyl (C=O) groups is 3. The number of nitrogens with one attached hydrogen (secondary N) is 1. The summed E-state index contributed by atoms with van der Waals surface area (Å²) in [5, 5.41) is 3.01. The molecular weight excluding hydrogens is 362 g/mol. The summed E-state index contributed by atoms with van der Waals surface area (Å²) in [6.07, 6.45) is 4.65. The molecule has 0 radical (unpaired) electrons. The van der Waals surface area contributed by atoms with E-state index < -0.39 is 11.5 Å². The van der Waals surface area contributed by atoms with E-state index in [0.29, 0.717) is 12.8 Å². The van der Waals surface area contributed by atoms with Crippen molar-refractivity contribution >= 4 is 17.5 Å². The molecule has 1 N–H and O–H groups in total. The van der Waals surface area contributed by atoms with Crippen molar-refractivity contribution in [2.75, 3.05) is 0 Å². The third kappa shape index (κ3) is 7.53. The highest BCUT2D eigenvalue weighted by Gasteiger charge is 2.40. The van der Waals surface area contributed by atoms with Crippen LogP contribution >= 0.6 is 0 Å². The summed E-state index contributed by atoms with van der Waals surface area (Å²) in [5.41, 5.74) is -0.971. The molecule has 4 heteroatoms. The molecule has 0 saturated carbocycles. The van der Waals surface area contributed by atoms with Gasteiger partial charge in [-0.2, -0.15) is 0 Å². The normalized spacial score (nSPS) is 15.0. The summed E-state index contributed by atoms with van der Waals surface area (Å²) in [6, 6.07) is -0.614. The molecule has 2 unspecified atom stereocenters. The van der Waals surface area contributed by atoms with Gasteiger partial charge >= 0.3 is 0 Å². The summed E-state index contributed by atoms with van der Waals surface area (Å²) in [5.74, 6) is -0.123. The fraction of sp³-hybridized carbons (Fsp3) is 0.880. The molecule has 1 amide bonds. The van der Waals surface area contributed by atoms with Crippen molar-refractivity contribution < 1.29 is 14.4 Å². The lowest BCUT2D eigenvalue weighted by atomic mass is 9.72. The highest BCUT2D eigenvalue weighted by Crippen LogP contribution is 2.34. The lowest BCUT2D eigenvalue weighted by molar-refractivity contribution is -0.137. The molecular formula is C25H47NO3. The van der Waals surface area contributed by atoms with Crippen LogP contribution in [0.25, 0.3) is 0 Å². The standard InChI is InChI=1S/C25H47NO3/c1-11-23(7,8)17-20(27)26-19(22(29)25(10,14-4)15-5)16-18(6)21(28)24(9,12-2)13-3/h18-19H,11-17H2,1-10H3,(H,26,27). The van der Waals surface area contributed by atoms with Crippen molar-refractivity contribution in [3.05, 3.63) is 0 Å². The van der Waals surface area contributed by atoms with Gasteiger partial charge in [0, 0.05) is 23.2 Å². The minimum atomic E-state index is -0.614. The summed E-state index contributed by atoms with van der Waals surface area (Å²) in [6.45, 7) is 20.2. The van der Waals surface area contributed by atoms with Crippen molar-refractivity contribution in [3.63, 3.8) is 0 Å². The number of hydrogen-bond acceptors (Lipinski definition) is 3. The van der Waals surface area contributed by atoms with Gasteiger partial charge in [0.2, 0.25) is 5.91 Å². The van der Waals surface area contributed by atoms with E-state index in [-0.39, 0.29) is 34.2 Å². The summed E-state index contributed by atoms with van der Waals surface area (Å²) < 4.78 is 0. The molecule has 0 spiro atoms. The monoisotopic (exact) mass is 409 g/mol. The number of hydrogen-bond donors (Lipinski definition) is 1. The predicted molar refractivity (Wildman–Crippen MR) is 122 cm³/mol. The summed E-state index contributed by atoms with van der Waals surface area (Å²) >= 11 is 0. The van der Waals surface area contributed by atoms with Gasteiger partial charge in [-0.15, -0.1) is 0 Å². The van der Waals surface area contributed by atoms with Crippen molar-refractivity contribution in [1.82, 2.24) is 5.32 Å². The van der Waals surface area contributed by atoms with Crippen LogP contribution in [0.4, 0.5) is 0 Å². The van der Waals surface area contributed by atoms with Crippen LogP contribution in [0.3, 0.4) is 0 Å². The number of carbonyl (C=O) groups excluding carboxylic acids is 3. The SMILES string of the molecule is CCC(C)(C)CC(=O)NC(CC(C)C(=O)C(C)(CC)CC)C(=O)C(C)(CC)CC. The van der Waals surface area contributed by atoms with Crippen LogP contribution in [0.5, 0.6) is 0 Å². The largest absolute Gasteiger partial charge is 0.346 e. The number of amides is 1. The van der Waals surface area contributed by atoms with Gasteiger partial charge in [0.05, 0.1) is 6.04 Å². The fourth-order valence-corrected chi connectivity index (χ4v) is 3.71. The first kappa shape index (κ1) is 27.8. The topological polar surface area (TPSA) is 63.2 Å². The Morgan fingerprint density at radius 2 is 1.14 bits per heavy atom. The van der Waals surface area contributed by atoms with Crippen LogP contribution in [0, 0.1) is 22.2 Å². The molecule has 0 saturated heterocycles. The zero-order valence-electron chi connectivity index (χ0n) is 20.8. The number of Topliss-reactive ketones (excluding diaryl/α,β-unsaturated/α-hetero) is 2. The molecule has 0 heterocycles. The highest BCUT2D eigenvalue weighted by atomic mass is 16.2. The van der Waals surface area contributed by atoms with Crippen LogP contribution in [0.2, 0.25) is 0 Å². The highest BCUT2D eigenvalue weighted by molar-refractivity contribution is 5.94. The lowest BCUT2D eigenvalue weighted by Crippen LogP contribution is -2.49. The first-order valence-electron chi connectivity index (χ1n) is 11.6. The maximum atomic E-state index is 13.4. The molecule has 2 atom stereocenters. The van der Waals surface area contributed by atoms with Crippen molar-refractivity contribution in [2.24, 2.45) is 22.2 Å². The Labute approximate surface area is 180 Å². The molecule has 0 aliphatic carbocycles. The Morgan fingerprint density at radius 1 is 0.724 bits per heavy atom. The molecule has 0 aromatic carbocycles. The Kier molecular flexibility index (Phi) is 10.8. The van der Waals surface area contributed by atoms with Gasteiger partial charge in [-0.3, -0.25) is 14.4 Å². The minimum Gasteiger partial charge on any atom is -0.346 e. The minimum absolute atomic E-state index is 0.0551. The Balaban J connectivity index is 5.67. The van der Waals surface area contributed by atoms with Crippen LogP contribution in [-0.4, -0.2) is 23.5 Å². The molecule has 0 bridgehead atoms. The van der Waals surface area contributed by atoms with Crippen molar-refractivity contribution in [2.45, 2.75) is 120 Å². The first-order chi connectivity index (χ1) is 13.3. The Hall–Kier alpha value is -1.19. The maximum Gasteiger partial charge on any atom is 0.221 e. The van der Waals surface area contributed by atoms with Gasteiger partial charge in [0.15, 0.2) is 5.78 Å². The summed E-state index contributed by atoms with van der Waals surface area (Å²) in [7, 11) is 0. The van der Waals surface area contributed by atoms with E-state index in [4.69, 9.17) is 0 Å². The number of ketones is 2. The Bertz CT molecular complexity index is 556. The summed E-state index contributed by atoms with van der Waals surface area (Å²) in [4.78, 5) is 39.3. The molecule has 170 valence electrons. The van der Waals surface area contributed by atoms with E-state index in [0.717, 1.165) is 32.1 Å². The number of rotatable bonds is 14. The molecule has 0 aromatic heterocycles. The first-order valence-corrected chi connectivity index (χ1v) is 11.6. The molecule has 4 nitrogen and oxygen atoms in total. The smallest absolute Gasteiger partial charge is 0.221 e. The van der Waals surface area contributed by atoms with Gasteiger partial charge < -0.3 is 5.32 Å². The molecule has 0 fully saturated rings. The van der Waals surface area contributed by atoms with Crippen molar-refractivity contribution in [1.29, 1.82) is 0 Å². The van der Waals surface area contributed by atoms with E-state index in [9.17, 15) is 14.4 Å². The average molecular weight is 410 g/mol. The maximum absolute atomic E-state index is 13.4. The van der Waals surface area contributed by atoms with E-state index in [1.807, 2.05) is 48.5 Å². The second-order valence-corrected chi connectivity index (χ2v) is 10.2. The van der Waals surface area contributed by atoms with Gasteiger partial charge in [0.1, 0.15) is 5.78 Å².